The SMILES string of the molecule is Cl.Oc1cc(Cl)cc(Cl)c1[C@H](CCC(F)(F)F)N1CCNCC1. The van der Waals surface area contributed by atoms with E-state index >= 15 is 0 Å². The molecule has 1 atom stereocenters. The summed E-state index contributed by atoms with van der Waals surface area (Å²) in [4.78, 5) is 1.91. The number of phenols is 1. The van der Waals surface area contributed by atoms with Gasteiger partial charge in [-0.25, -0.2) is 0 Å². The van der Waals surface area contributed by atoms with Crippen LogP contribution in [-0.4, -0.2) is 42.4 Å². The quantitative estimate of drug-likeness (QED) is 0.795. The number of hydrogen-bond donors (Lipinski definition) is 2. The fourth-order valence-corrected chi connectivity index (χ4v) is 3.31. The minimum absolute atomic E-state index is 0. The normalized spacial score (nSPS) is 17.6. The van der Waals surface area contributed by atoms with E-state index in [0.29, 0.717) is 31.7 Å². The summed E-state index contributed by atoms with van der Waals surface area (Å²) in [7, 11) is 0. The Morgan fingerprint density at radius 2 is 1.83 bits per heavy atom. The second-order valence-electron chi connectivity index (χ2n) is 5.28. The Balaban J connectivity index is 0.00000264. The van der Waals surface area contributed by atoms with Crippen LogP contribution in [0.1, 0.15) is 24.4 Å². The maximum absolute atomic E-state index is 12.6. The third-order valence-corrected chi connectivity index (χ3v) is 4.23. The van der Waals surface area contributed by atoms with Gasteiger partial charge in [0.05, 0.1) is 5.02 Å². The third-order valence-electron chi connectivity index (χ3n) is 3.70. The van der Waals surface area contributed by atoms with Crippen molar-refractivity contribution < 1.29 is 18.3 Å². The average Bonchev–Trinajstić information content (AvgIpc) is 2.41. The van der Waals surface area contributed by atoms with Crippen molar-refractivity contribution in [1.82, 2.24) is 10.2 Å². The molecule has 1 fully saturated rings. The lowest BCUT2D eigenvalue weighted by Crippen LogP contribution is -2.45. The van der Waals surface area contributed by atoms with E-state index in [0.717, 1.165) is 0 Å². The molecule has 0 aliphatic carbocycles. The Bertz CT molecular complexity index is 499. The van der Waals surface area contributed by atoms with Gasteiger partial charge in [0.25, 0.3) is 0 Å². The summed E-state index contributed by atoms with van der Waals surface area (Å²) in [5, 5.41) is 13.7. The van der Waals surface area contributed by atoms with E-state index in [-0.39, 0.29) is 34.6 Å². The highest BCUT2D eigenvalue weighted by Gasteiger charge is 2.33. The number of aromatic hydroxyl groups is 1. The molecule has 0 saturated carbocycles. The molecule has 0 radical (unpaired) electrons. The van der Waals surface area contributed by atoms with Gasteiger partial charge in [0, 0.05) is 49.2 Å². The largest absolute Gasteiger partial charge is 0.508 e. The molecule has 1 saturated heterocycles. The highest BCUT2D eigenvalue weighted by molar-refractivity contribution is 6.35. The fourth-order valence-electron chi connectivity index (χ4n) is 2.70. The van der Waals surface area contributed by atoms with E-state index in [1.807, 2.05) is 4.90 Å². The summed E-state index contributed by atoms with van der Waals surface area (Å²) in [6.45, 7) is 2.57. The summed E-state index contributed by atoms with van der Waals surface area (Å²) in [6.07, 6.45) is -5.33. The zero-order chi connectivity index (χ0) is 16.3. The number of hydrogen-bond acceptors (Lipinski definition) is 3. The molecule has 3 nitrogen and oxygen atoms in total. The second kappa shape index (κ2) is 8.62. The molecule has 132 valence electrons. The van der Waals surface area contributed by atoms with Crippen molar-refractivity contribution in [2.24, 2.45) is 0 Å². The van der Waals surface area contributed by atoms with Gasteiger partial charge < -0.3 is 10.4 Å². The first-order valence-electron chi connectivity index (χ1n) is 6.97. The number of halogens is 6. The van der Waals surface area contributed by atoms with Crippen molar-refractivity contribution in [2.75, 3.05) is 26.2 Å². The summed E-state index contributed by atoms with van der Waals surface area (Å²) >= 11 is 11.9. The molecule has 1 aliphatic heterocycles. The lowest BCUT2D eigenvalue weighted by atomic mass is 9.98. The number of benzene rings is 1. The molecule has 0 aromatic heterocycles. The molecule has 1 aromatic carbocycles. The zero-order valence-corrected chi connectivity index (χ0v) is 14.5. The molecule has 0 bridgehead atoms. The van der Waals surface area contributed by atoms with Crippen LogP contribution in [0.5, 0.6) is 5.75 Å². The van der Waals surface area contributed by atoms with E-state index in [2.05, 4.69) is 5.32 Å². The van der Waals surface area contributed by atoms with Gasteiger partial charge in [-0.2, -0.15) is 13.2 Å². The lowest BCUT2D eigenvalue weighted by molar-refractivity contribution is -0.138. The van der Waals surface area contributed by atoms with Crippen molar-refractivity contribution in [3.63, 3.8) is 0 Å². The molecule has 2 N–H and O–H groups in total. The van der Waals surface area contributed by atoms with E-state index in [4.69, 9.17) is 23.2 Å². The van der Waals surface area contributed by atoms with Crippen molar-refractivity contribution in [3.05, 3.63) is 27.7 Å². The number of phenolic OH excluding ortho intramolecular Hbond substituents is 1. The standard InChI is InChI=1S/C14H17Cl2F3N2O.ClH/c15-9-7-10(16)13(12(22)8-9)11(1-2-14(17,18)19)21-5-3-20-4-6-21;/h7-8,11,20,22H,1-6H2;1H/t11-;/m0./s1. The topological polar surface area (TPSA) is 35.5 Å². The summed E-state index contributed by atoms with van der Waals surface area (Å²) in [5.74, 6) is -0.164. The highest BCUT2D eigenvalue weighted by Crippen LogP contribution is 2.41. The molecular weight excluding hydrogens is 376 g/mol. The van der Waals surface area contributed by atoms with Crippen LogP contribution in [0.3, 0.4) is 0 Å². The van der Waals surface area contributed by atoms with Crippen LogP contribution in [-0.2, 0) is 0 Å². The lowest BCUT2D eigenvalue weighted by Gasteiger charge is -2.36. The Labute approximate surface area is 149 Å². The van der Waals surface area contributed by atoms with Gasteiger partial charge in [-0.3, -0.25) is 4.90 Å². The monoisotopic (exact) mass is 392 g/mol. The molecule has 1 heterocycles. The molecule has 0 unspecified atom stereocenters. The first kappa shape index (κ1) is 20.6. The van der Waals surface area contributed by atoms with Crippen LogP contribution < -0.4 is 5.32 Å². The van der Waals surface area contributed by atoms with Crippen molar-refractivity contribution in [3.8, 4) is 5.75 Å². The second-order valence-corrected chi connectivity index (χ2v) is 6.12. The number of nitrogens with zero attached hydrogens (tertiary/aromatic N) is 1. The van der Waals surface area contributed by atoms with Crippen LogP contribution in [0.4, 0.5) is 13.2 Å². The number of nitrogens with one attached hydrogen (secondary N) is 1. The van der Waals surface area contributed by atoms with E-state index in [1.54, 1.807) is 0 Å². The first-order valence-corrected chi connectivity index (χ1v) is 7.73. The summed E-state index contributed by atoms with van der Waals surface area (Å²) < 4.78 is 37.8. The smallest absolute Gasteiger partial charge is 0.389 e. The maximum atomic E-state index is 12.6. The molecule has 23 heavy (non-hydrogen) atoms. The first-order chi connectivity index (χ1) is 10.3. The van der Waals surface area contributed by atoms with Gasteiger partial charge in [-0.05, 0) is 18.6 Å². The van der Waals surface area contributed by atoms with Crippen LogP contribution >= 0.6 is 35.6 Å². The number of rotatable bonds is 4. The van der Waals surface area contributed by atoms with Crippen LogP contribution in [0, 0.1) is 0 Å². The minimum Gasteiger partial charge on any atom is -0.508 e. The van der Waals surface area contributed by atoms with Gasteiger partial charge in [-0.1, -0.05) is 23.2 Å². The van der Waals surface area contributed by atoms with Crippen LogP contribution in [0.15, 0.2) is 12.1 Å². The van der Waals surface area contributed by atoms with Crippen molar-refractivity contribution in [1.29, 1.82) is 0 Å². The van der Waals surface area contributed by atoms with Crippen molar-refractivity contribution in [2.45, 2.75) is 25.1 Å². The van der Waals surface area contributed by atoms with Gasteiger partial charge in [0.1, 0.15) is 5.75 Å². The third kappa shape index (κ3) is 5.87. The number of alkyl halides is 3. The van der Waals surface area contributed by atoms with Gasteiger partial charge in [0.15, 0.2) is 0 Å². The molecule has 1 aromatic rings. The van der Waals surface area contributed by atoms with Gasteiger partial charge >= 0.3 is 6.18 Å². The predicted octanol–water partition coefficient (Wildman–Crippen LogP) is 4.41. The Kier molecular flexibility index (Phi) is 7.74. The van der Waals surface area contributed by atoms with Gasteiger partial charge in [0.2, 0.25) is 0 Å². The van der Waals surface area contributed by atoms with Crippen LogP contribution in [0.25, 0.3) is 0 Å². The van der Waals surface area contributed by atoms with E-state index in [1.165, 1.54) is 12.1 Å². The molecule has 0 spiro atoms. The highest BCUT2D eigenvalue weighted by atomic mass is 35.5. The molecule has 2 rings (SSSR count). The summed E-state index contributed by atoms with van der Waals surface area (Å²) in [6, 6.07) is 2.17. The Hall–Kier alpha value is -0.400. The Morgan fingerprint density at radius 3 is 2.35 bits per heavy atom. The molecule has 0 amide bonds. The molecule has 1 aliphatic rings. The van der Waals surface area contributed by atoms with E-state index < -0.39 is 18.6 Å². The maximum Gasteiger partial charge on any atom is 0.389 e. The molecular formula is C14H18Cl3F3N2O. The predicted molar refractivity (Wildman–Crippen MR) is 87.8 cm³/mol. The fraction of sp³-hybridized carbons (Fsp3) is 0.571. The minimum atomic E-state index is -4.25. The van der Waals surface area contributed by atoms with Crippen molar-refractivity contribution >= 4 is 35.6 Å². The molecule has 9 heteroatoms. The van der Waals surface area contributed by atoms with Crippen LogP contribution in [0.2, 0.25) is 10.0 Å². The summed E-state index contributed by atoms with van der Waals surface area (Å²) in [5.41, 5.74) is 0.317. The Morgan fingerprint density at radius 1 is 1.22 bits per heavy atom. The number of piperazine rings is 1. The zero-order valence-electron chi connectivity index (χ0n) is 12.2. The van der Waals surface area contributed by atoms with Gasteiger partial charge in [-0.15, -0.1) is 12.4 Å². The van der Waals surface area contributed by atoms with E-state index in [9.17, 15) is 18.3 Å². The average molecular weight is 394 g/mol.